The summed E-state index contributed by atoms with van der Waals surface area (Å²) in [5.41, 5.74) is 10.6. The smallest absolute Gasteiger partial charge is 0.0559 e. The average Bonchev–Trinajstić information content (AvgIpc) is 3.44. The first-order valence-corrected chi connectivity index (χ1v) is 15.9. The minimum Gasteiger partial charge on any atom is -0.334 e. The number of nitrogens with zero attached hydrogens (tertiary/aromatic N) is 1. The van der Waals surface area contributed by atoms with Crippen LogP contribution in [0.15, 0.2) is 146 Å². The van der Waals surface area contributed by atoms with Crippen LogP contribution in [-0.4, -0.2) is 6.04 Å². The molecule has 0 saturated carbocycles. The van der Waals surface area contributed by atoms with Crippen molar-refractivity contribution < 1.29 is 0 Å². The van der Waals surface area contributed by atoms with Gasteiger partial charge in [0.15, 0.2) is 0 Å². The normalized spacial score (nSPS) is 15.3. The van der Waals surface area contributed by atoms with E-state index in [-0.39, 0.29) is 6.04 Å². The molecule has 9 rings (SSSR count). The number of anilines is 2. The lowest BCUT2D eigenvalue weighted by Crippen LogP contribution is -2.29. The molecule has 2 aliphatic rings. The third-order valence-electron chi connectivity index (χ3n) is 9.20. The van der Waals surface area contributed by atoms with Crippen molar-refractivity contribution in [3.8, 4) is 22.3 Å². The zero-order valence-electron chi connectivity index (χ0n) is 23.7. The summed E-state index contributed by atoms with van der Waals surface area (Å²) < 4.78 is 2.68. The maximum Gasteiger partial charge on any atom is 0.0559 e. The minimum absolute atomic E-state index is 0.263. The third-order valence-corrected chi connectivity index (χ3v) is 10.4. The van der Waals surface area contributed by atoms with Crippen LogP contribution in [0, 0.1) is 0 Å². The SMILES string of the molecule is C1=CCC(N(c2ccc(-c3ccc4c5c(cccc35)-c3ccccc3C4)cc2)c2ccc3sc4ccccc4c3c2)C=C1. The summed E-state index contributed by atoms with van der Waals surface area (Å²) >= 11 is 1.87. The fraction of sp³-hybridized carbons (Fsp3) is 0.0732. The molecule has 2 aliphatic carbocycles. The van der Waals surface area contributed by atoms with Crippen molar-refractivity contribution in [2.24, 2.45) is 0 Å². The Morgan fingerprint density at radius 3 is 2.26 bits per heavy atom. The van der Waals surface area contributed by atoms with Crippen LogP contribution in [0.3, 0.4) is 0 Å². The number of hydrogen-bond donors (Lipinski definition) is 0. The molecule has 1 nitrogen and oxygen atoms in total. The van der Waals surface area contributed by atoms with Crippen molar-refractivity contribution in [1.82, 2.24) is 0 Å². The van der Waals surface area contributed by atoms with Crippen LogP contribution in [0.5, 0.6) is 0 Å². The van der Waals surface area contributed by atoms with Crippen LogP contribution in [-0.2, 0) is 6.42 Å². The molecule has 0 N–H and O–H groups in total. The number of thiophene rings is 1. The summed E-state index contributed by atoms with van der Waals surface area (Å²) in [6.45, 7) is 0. The molecule has 1 heterocycles. The molecule has 0 fully saturated rings. The largest absolute Gasteiger partial charge is 0.334 e. The van der Waals surface area contributed by atoms with Crippen molar-refractivity contribution in [2.45, 2.75) is 18.9 Å². The molecule has 0 radical (unpaired) electrons. The lowest BCUT2D eigenvalue weighted by molar-refractivity contribution is 0.785. The number of benzene rings is 6. The van der Waals surface area contributed by atoms with Crippen LogP contribution >= 0.6 is 11.3 Å². The van der Waals surface area contributed by atoms with Crippen molar-refractivity contribution in [3.63, 3.8) is 0 Å². The standard InChI is InChI=1S/C41H29NS/c1-2-10-30(11-3-1)42(32-22-24-40-38(26-32)35-13-6-7-16-39(35)43-40)31-20-17-27(18-21-31)34-23-19-29-25-28-9-4-5-12-33(28)36-14-8-15-37(34)41(29)36/h1-10,12-24,26,30H,11,25H2. The summed E-state index contributed by atoms with van der Waals surface area (Å²) in [6.07, 6.45) is 10.9. The highest BCUT2D eigenvalue weighted by molar-refractivity contribution is 7.25. The van der Waals surface area contributed by atoms with Gasteiger partial charge in [-0.05, 0) is 93.4 Å². The highest BCUT2D eigenvalue weighted by Gasteiger charge is 2.22. The zero-order valence-corrected chi connectivity index (χ0v) is 24.5. The first-order valence-electron chi connectivity index (χ1n) is 15.1. The molecule has 43 heavy (non-hydrogen) atoms. The maximum atomic E-state index is 2.50. The van der Waals surface area contributed by atoms with Crippen molar-refractivity contribution in [2.75, 3.05) is 4.90 Å². The van der Waals surface area contributed by atoms with Gasteiger partial charge in [0.25, 0.3) is 0 Å². The predicted octanol–water partition coefficient (Wildman–Crippen LogP) is 11.5. The van der Waals surface area contributed by atoms with Gasteiger partial charge in [-0.25, -0.2) is 0 Å². The number of hydrogen-bond acceptors (Lipinski definition) is 2. The molecule has 204 valence electrons. The Morgan fingerprint density at radius 1 is 0.558 bits per heavy atom. The number of allylic oxidation sites excluding steroid dienone is 2. The molecule has 6 aromatic carbocycles. The van der Waals surface area contributed by atoms with E-state index in [4.69, 9.17) is 0 Å². The molecule has 0 bridgehead atoms. The molecule has 1 unspecified atom stereocenters. The van der Waals surface area contributed by atoms with E-state index in [0.717, 1.165) is 12.8 Å². The maximum absolute atomic E-state index is 2.50. The lowest BCUT2D eigenvalue weighted by atomic mass is 9.82. The van der Waals surface area contributed by atoms with E-state index in [2.05, 4.69) is 151 Å². The summed E-state index contributed by atoms with van der Waals surface area (Å²) in [5, 5.41) is 5.41. The minimum atomic E-state index is 0.263. The zero-order chi connectivity index (χ0) is 28.3. The highest BCUT2D eigenvalue weighted by Crippen LogP contribution is 2.43. The molecule has 0 saturated heterocycles. The van der Waals surface area contributed by atoms with Crippen molar-refractivity contribution in [3.05, 3.63) is 157 Å². The van der Waals surface area contributed by atoms with Gasteiger partial charge in [0.1, 0.15) is 0 Å². The molecule has 0 aliphatic heterocycles. The molecule has 2 heteroatoms. The van der Waals surface area contributed by atoms with Gasteiger partial charge in [0.2, 0.25) is 0 Å². The van der Waals surface area contributed by atoms with E-state index in [0.29, 0.717) is 0 Å². The molecule has 1 aromatic heterocycles. The topological polar surface area (TPSA) is 3.24 Å². The van der Waals surface area contributed by atoms with E-state index in [1.165, 1.54) is 75.7 Å². The van der Waals surface area contributed by atoms with E-state index in [1.807, 2.05) is 11.3 Å². The summed E-state index contributed by atoms with van der Waals surface area (Å²) in [4.78, 5) is 2.50. The van der Waals surface area contributed by atoms with Crippen LogP contribution in [0.1, 0.15) is 17.5 Å². The average molecular weight is 568 g/mol. The van der Waals surface area contributed by atoms with Gasteiger partial charge < -0.3 is 4.90 Å². The third kappa shape index (κ3) is 3.98. The molecule has 0 amide bonds. The second kappa shape index (κ2) is 9.83. The predicted molar refractivity (Wildman–Crippen MR) is 186 cm³/mol. The monoisotopic (exact) mass is 567 g/mol. The van der Waals surface area contributed by atoms with Crippen LogP contribution in [0.25, 0.3) is 53.2 Å². The summed E-state index contributed by atoms with van der Waals surface area (Å²) in [6, 6.07) is 45.6. The van der Waals surface area contributed by atoms with Gasteiger partial charge in [-0.3, -0.25) is 0 Å². The number of rotatable bonds is 4. The highest BCUT2D eigenvalue weighted by atomic mass is 32.1. The first-order chi connectivity index (χ1) is 21.3. The Balaban J connectivity index is 1.15. The lowest BCUT2D eigenvalue weighted by Gasteiger charge is -2.33. The Kier molecular flexibility index (Phi) is 5.64. The summed E-state index contributed by atoms with van der Waals surface area (Å²) in [5.74, 6) is 0. The Hall–Kier alpha value is -4.92. The van der Waals surface area contributed by atoms with E-state index < -0.39 is 0 Å². The van der Waals surface area contributed by atoms with Crippen LogP contribution < -0.4 is 4.90 Å². The fourth-order valence-electron chi connectivity index (χ4n) is 7.20. The van der Waals surface area contributed by atoms with Gasteiger partial charge in [0, 0.05) is 31.5 Å². The number of fused-ring (bicyclic) bond motifs is 5. The van der Waals surface area contributed by atoms with E-state index >= 15 is 0 Å². The Labute approximate surface area is 255 Å². The van der Waals surface area contributed by atoms with E-state index in [1.54, 1.807) is 0 Å². The second-order valence-electron chi connectivity index (χ2n) is 11.6. The van der Waals surface area contributed by atoms with Crippen molar-refractivity contribution in [1.29, 1.82) is 0 Å². The molecular formula is C41H29NS. The van der Waals surface area contributed by atoms with Gasteiger partial charge in [-0.2, -0.15) is 0 Å². The first kappa shape index (κ1) is 24.7. The van der Waals surface area contributed by atoms with Gasteiger partial charge >= 0.3 is 0 Å². The molecule has 1 atom stereocenters. The van der Waals surface area contributed by atoms with Crippen LogP contribution in [0.4, 0.5) is 11.4 Å². The van der Waals surface area contributed by atoms with E-state index in [9.17, 15) is 0 Å². The Morgan fingerprint density at radius 2 is 1.35 bits per heavy atom. The van der Waals surface area contributed by atoms with Gasteiger partial charge in [-0.1, -0.05) is 109 Å². The summed E-state index contributed by atoms with van der Waals surface area (Å²) in [7, 11) is 0. The molecule has 0 spiro atoms. The molecular weight excluding hydrogens is 539 g/mol. The molecule has 7 aromatic rings. The quantitative estimate of drug-likeness (QED) is 0.204. The second-order valence-corrected chi connectivity index (χ2v) is 12.7. The van der Waals surface area contributed by atoms with Gasteiger partial charge in [0.05, 0.1) is 6.04 Å². The van der Waals surface area contributed by atoms with Gasteiger partial charge in [-0.15, -0.1) is 11.3 Å². The Bertz CT molecular complexity index is 2250. The van der Waals surface area contributed by atoms with Crippen molar-refractivity contribution >= 4 is 53.7 Å². The fourth-order valence-corrected chi connectivity index (χ4v) is 8.29. The van der Waals surface area contributed by atoms with Crippen LogP contribution in [0.2, 0.25) is 0 Å².